The molecule has 0 aliphatic heterocycles. The van der Waals surface area contributed by atoms with Gasteiger partial charge >= 0.3 is 0 Å². The molecule has 0 fully saturated rings. The maximum atomic E-state index is 12.3. The normalized spacial score (nSPS) is 11.4. The molecular formula is C12H15FO3. The molecule has 4 heteroatoms. The molecule has 0 aliphatic carbocycles. The van der Waals surface area contributed by atoms with E-state index >= 15 is 0 Å². The third-order valence-corrected chi connectivity index (χ3v) is 2.24. The molecule has 1 aromatic rings. The Morgan fingerprint density at radius 1 is 1.31 bits per heavy atom. The van der Waals surface area contributed by atoms with E-state index in [0.29, 0.717) is 29.8 Å². The summed E-state index contributed by atoms with van der Waals surface area (Å²) in [7, 11) is 3.09. The number of methoxy groups -OCH3 is 2. The minimum atomic E-state index is -0.287. The predicted octanol–water partition coefficient (Wildman–Crippen LogP) is 2.09. The highest BCUT2D eigenvalue weighted by molar-refractivity contribution is 5.43. The summed E-state index contributed by atoms with van der Waals surface area (Å²) in [5.74, 6) is 1.22. The Kier molecular flexibility index (Phi) is 4.79. The van der Waals surface area contributed by atoms with Crippen LogP contribution in [0.3, 0.4) is 0 Å². The van der Waals surface area contributed by atoms with Crippen molar-refractivity contribution in [1.82, 2.24) is 0 Å². The number of rotatable bonds is 5. The van der Waals surface area contributed by atoms with Crippen LogP contribution in [0.1, 0.15) is 5.56 Å². The summed E-state index contributed by atoms with van der Waals surface area (Å²) in [5.41, 5.74) is 1.18. The molecule has 1 aromatic carbocycles. The number of benzene rings is 1. The fraction of sp³-hybridized carbons (Fsp3) is 0.333. The van der Waals surface area contributed by atoms with Crippen molar-refractivity contribution < 1.29 is 19.0 Å². The SMILES string of the molecule is COc1ccc(CC(=CF)CO)cc1OC. The molecule has 0 unspecified atom stereocenters. The molecular weight excluding hydrogens is 211 g/mol. The molecule has 0 heterocycles. The topological polar surface area (TPSA) is 38.7 Å². The van der Waals surface area contributed by atoms with E-state index < -0.39 is 0 Å². The zero-order chi connectivity index (χ0) is 12.0. The first kappa shape index (κ1) is 12.5. The van der Waals surface area contributed by atoms with Crippen LogP contribution in [0.25, 0.3) is 0 Å². The number of hydrogen-bond acceptors (Lipinski definition) is 3. The van der Waals surface area contributed by atoms with Gasteiger partial charge in [0.15, 0.2) is 11.5 Å². The lowest BCUT2D eigenvalue weighted by atomic mass is 10.1. The van der Waals surface area contributed by atoms with Crippen molar-refractivity contribution >= 4 is 0 Å². The third-order valence-electron chi connectivity index (χ3n) is 2.24. The van der Waals surface area contributed by atoms with Crippen LogP contribution in [-0.2, 0) is 6.42 Å². The minimum Gasteiger partial charge on any atom is -0.493 e. The summed E-state index contributed by atoms with van der Waals surface area (Å²) in [6.07, 6.45) is 0.782. The van der Waals surface area contributed by atoms with Gasteiger partial charge in [-0.1, -0.05) is 6.07 Å². The van der Waals surface area contributed by atoms with Crippen molar-refractivity contribution in [2.24, 2.45) is 0 Å². The summed E-state index contributed by atoms with van der Waals surface area (Å²) in [4.78, 5) is 0. The molecule has 0 saturated heterocycles. The monoisotopic (exact) mass is 226 g/mol. The van der Waals surface area contributed by atoms with Crippen molar-refractivity contribution in [1.29, 1.82) is 0 Å². The molecule has 0 saturated carbocycles. The number of aliphatic hydroxyl groups excluding tert-OH is 1. The highest BCUT2D eigenvalue weighted by Crippen LogP contribution is 2.28. The van der Waals surface area contributed by atoms with Crippen LogP contribution in [0.5, 0.6) is 11.5 Å². The second-order valence-corrected chi connectivity index (χ2v) is 3.29. The second kappa shape index (κ2) is 6.12. The Labute approximate surface area is 94.1 Å². The van der Waals surface area contributed by atoms with E-state index in [4.69, 9.17) is 14.6 Å². The van der Waals surface area contributed by atoms with Crippen molar-refractivity contribution in [3.63, 3.8) is 0 Å². The summed E-state index contributed by atoms with van der Waals surface area (Å²) in [5, 5.41) is 8.85. The van der Waals surface area contributed by atoms with Crippen LogP contribution in [0.4, 0.5) is 4.39 Å². The van der Waals surface area contributed by atoms with Gasteiger partial charge in [-0.05, 0) is 29.7 Å². The molecule has 0 spiro atoms. The lowest BCUT2D eigenvalue weighted by Crippen LogP contribution is -1.97. The van der Waals surface area contributed by atoms with Crippen molar-refractivity contribution in [2.75, 3.05) is 20.8 Å². The van der Waals surface area contributed by atoms with Crippen LogP contribution in [0.2, 0.25) is 0 Å². The summed E-state index contributed by atoms with van der Waals surface area (Å²) < 4.78 is 22.5. The number of hydrogen-bond donors (Lipinski definition) is 1. The Bertz CT molecular complexity index is 375. The third kappa shape index (κ3) is 2.97. The van der Waals surface area contributed by atoms with E-state index in [9.17, 15) is 4.39 Å². The Balaban J connectivity index is 2.90. The molecule has 1 N–H and O–H groups in total. The molecule has 0 amide bonds. The lowest BCUT2D eigenvalue weighted by Gasteiger charge is -2.09. The number of ether oxygens (including phenoxy) is 2. The van der Waals surface area contributed by atoms with Crippen LogP contribution >= 0.6 is 0 Å². The standard InChI is InChI=1S/C12H15FO3/c1-15-11-4-3-9(6-12(11)16-2)5-10(7-13)8-14/h3-4,6-7,14H,5,8H2,1-2H3. The second-order valence-electron chi connectivity index (χ2n) is 3.29. The van der Waals surface area contributed by atoms with E-state index in [2.05, 4.69) is 0 Å². The maximum absolute atomic E-state index is 12.3. The van der Waals surface area contributed by atoms with Gasteiger partial charge in [-0.25, -0.2) is 4.39 Å². The molecule has 0 radical (unpaired) electrons. The van der Waals surface area contributed by atoms with Gasteiger partial charge in [-0.3, -0.25) is 0 Å². The van der Waals surface area contributed by atoms with Crippen molar-refractivity contribution in [2.45, 2.75) is 6.42 Å². The first-order valence-corrected chi connectivity index (χ1v) is 4.85. The molecule has 88 valence electrons. The summed E-state index contributed by atoms with van der Waals surface area (Å²) >= 11 is 0. The molecule has 0 aromatic heterocycles. The lowest BCUT2D eigenvalue weighted by molar-refractivity contribution is 0.325. The van der Waals surface area contributed by atoms with Gasteiger partial charge < -0.3 is 14.6 Å². The van der Waals surface area contributed by atoms with Crippen molar-refractivity contribution in [3.05, 3.63) is 35.7 Å². The molecule has 0 atom stereocenters. The highest BCUT2D eigenvalue weighted by atomic mass is 19.1. The first-order valence-electron chi connectivity index (χ1n) is 4.85. The fourth-order valence-electron chi connectivity index (χ4n) is 1.38. The van der Waals surface area contributed by atoms with Crippen LogP contribution in [0.15, 0.2) is 30.1 Å². The summed E-state index contributed by atoms with van der Waals surface area (Å²) in [6, 6.07) is 5.32. The molecule has 0 bridgehead atoms. The zero-order valence-corrected chi connectivity index (χ0v) is 9.37. The largest absolute Gasteiger partial charge is 0.493 e. The van der Waals surface area contributed by atoms with Gasteiger partial charge in [0.1, 0.15) is 0 Å². The van der Waals surface area contributed by atoms with Gasteiger partial charge in [0.25, 0.3) is 0 Å². The molecule has 0 aliphatic rings. The average molecular weight is 226 g/mol. The Morgan fingerprint density at radius 3 is 2.50 bits per heavy atom. The van der Waals surface area contributed by atoms with Crippen molar-refractivity contribution in [3.8, 4) is 11.5 Å². The number of halogens is 1. The number of aliphatic hydroxyl groups is 1. The maximum Gasteiger partial charge on any atom is 0.160 e. The van der Waals surface area contributed by atoms with Crippen LogP contribution < -0.4 is 9.47 Å². The quantitative estimate of drug-likeness (QED) is 0.835. The highest BCUT2D eigenvalue weighted by Gasteiger charge is 2.06. The van der Waals surface area contributed by atoms with Gasteiger partial charge in [-0.2, -0.15) is 0 Å². The van der Waals surface area contributed by atoms with Gasteiger partial charge in [0, 0.05) is 0 Å². The van der Waals surface area contributed by atoms with Crippen LogP contribution in [0, 0.1) is 0 Å². The zero-order valence-electron chi connectivity index (χ0n) is 9.37. The molecule has 3 nitrogen and oxygen atoms in total. The minimum absolute atomic E-state index is 0.287. The fourth-order valence-corrected chi connectivity index (χ4v) is 1.38. The van der Waals surface area contributed by atoms with Gasteiger partial charge in [-0.15, -0.1) is 0 Å². The molecule has 1 rings (SSSR count). The molecule has 16 heavy (non-hydrogen) atoms. The van der Waals surface area contributed by atoms with E-state index in [1.807, 2.05) is 0 Å². The van der Waals surface area contributed by atoms with E-state index in [1.54, 1.807) is 32.4 Å². The van der Waals surface area contributed by atoms with E-state index in [1.165, 1.54) is 0 Å². The Morgan fingerprint density at radius 2 is 2.00 bits per heavy atom. The Hall–Kier alpha value is -1.55. The average Bonchev–Trinajstić information content (AvgIpc) is 2.35. The summed E-state index contributed by atoms with van der Waals surface area (Å²) in [6.45, 7) is -0.287. The van der Waals surface area contributed by atoms with Crippen LogP contribution in [-0.4, -0.2) is 25.9 Å². The van der Waals surface area contributed by atoms with Gasteiger partial charge in [0.05, 0.1) is 27.2 Å². The van der Waals surface area contributed by atoms with E-state index in [-0.39, 0.29) is 6.61 Å². The van der Waals surface area contributed by atoms with E-state index in [0.717, 1.165) is 5.56 Å². The first-order chi connectivity index (χ1) is 7.74. The van der Waals surface area contributed by atoms with Gasteiger partial charge in [0.2, 0.25) is 0 Å². The smallest absolute Gasteiger partial charge is 0.160 e. The predicted molar refractivity (Wildman–Crippen MR) is 59.5 cm³/mol.